The first-order valence-electron chi connectivity index (χ1n) is 12.9. The standard InChI is InChI=1S/C28H34N2O7/c1-5-29(3)23-17-11-16-10-15-9-14(18-7-6-8-30(18)4)12-19(32)21(15)24(33)22(16)27(36)28(17,37)26(35)20(13(2)31)25(23)34/h9,12,16-18,23,32,34,36-37H,5-8,10-11H2,1-4H3/t16-,17-,18?,23-,28+/m0/s1. The number of allylic oxidation sites excluding steroid dienone is 1. The van der Waals surface area contributed by atoms with Gasteiger partial charge in [-0.25, -0.2) is 0 Å². The lowest BCUT2D eigenvalue weighted by molar-refractivity contribution is -0.148. The van der Waals surface area contributed by atoms with Gasteiger partial charge in [-0.05, 0) is 82.9 Å². The smallest absolute Gasteiger partial charge is 0.209 e. The molecule has 1 aromatic carbocycles. The molecule has 3 aliphatic carbocycles. The summed E-state index contributed by atoms with van der Waals surface area (Å²) in [5, 5.41) is 45.1. The molecule has 4 aliphatic rings. The highest BCUT2D eigenvalue weighted by Gasteiger charge is 2.63. The minimum absolute atomic E-state index is 0.0694. The molecule has 1 heterocycles. The van der Waals surface area contributed by atoms with Crippen LogP contribution >= 0.6 is 0 Å². The van der Waals surface area contributed by atoms with Crippen molar-refractivity contribution in [2.45, 2.75) is 57.2 Å². The summed E-state index contributed by atoms with van der Waals surface area (Å²) < 4.78 is 0. The van der Waals surface area contributed by atoms with Crippen molar-refractivity contribution in [2.75, 3.05) is 27.2 Å². The van der Waals surface area contributed by atoms with Gasteiger partial charge in [-0.3, -0.25) is 24.2 Å². The quantitative estimate of drug-likeness (QED) is 0.450. The van der Waals surface area contributed by atoms with E-state index in [9.17, 15) is 34.8 Å². The van der Waals surface area contributed by atoms with E-state index in [1.165, 1.54) is 0 Å². The van der Waals surface area contributed by atoms with Gasteiger partial charge >= 0.3 is 0 Å². The van der Waals surface area contributed by atoms with Crippen molar-refractivity contribution in [3.05, 3.63) is 51.5 Å². The number of ketones is 3. The summed E-state index contributed by atoms with van der Waals surface area (Å²) in [6, 6.07) is 2.77. The van der Waals surface area contributed by atoms with E-state index in [1.807, 2.05) is 20.0 Å². The van der Waals surface area contributed by atoms with Gasteiger partial charge in [0.15, 0.2) is 17.2 Å². The van der Waals surface area contributed by atoms with Gasteiger partial charge in [0.05, 0.1) is 11.6 Å². The molecule has 4 N–H and O–H groups in total. The van der Waals surface area contributed by atoms with Gasteiger partial charge in [-0.2, -0.15) is 0 Å². The number of aromatic hydroxyl groups is 1. The largest absolute Gasteiger partial charge is 0.510 e. The van der Waals surface area contributed by atoms with Crippen LogP contribution in [0.3, 0.4) is 0 Å². The third-order valence-electron chi connectivity index (χ3n) is 8.98. The van der Waals surface area contributed by atoms with Gasteiger partial charge < -0.3 is 20.4 Å². The molecule has 0 aromatic heterocycles. The van der Waals surface area contributed by atoms with E-state index in [-0.39, 0.29) is 29.3 Å². The number of carbonyl (C=O) groups is 3. The van der Waals surface area contributed by atoms with Crippen LogP contribution in [0.5, 0.6) is 5.75 Å². The summed E-state index contributed by atoms with van der Waals surface area (Å²) in [7, 11) is 3.73. The summed E-state index contributed by atoms with van der Waals surface area (Å²) in [4.78, 5) is 43.4. The van der Waals surface area contributed by atoms with Gasteiger partial charge in [0.2, 0.25) is 5.78 Å². The fourth-order valence-electron chi connectivity index (χ4n) is 7.04. The molecule has 0 amide bonds. The molecule has 37 heavy (non-hydrogen) atoms. The molecule has 1 saturated heterocycles. The average Bonchev–Trinajstić information content (AvgIpc) is 3.26. The van der Waals surface area contributed by atoms with Crippen LogP contribution in [0.15, 0.2) is 34.8 Å². The van der Waals surface area contributed by atoms with Gasteiger partial charge in [-0.15, -0.1) is 0 Å². The third-order valence-corrected chi connectivity index (χ3v) is 8.98. The molecule has 1 unspecified atom stereocenters. The molecule has 0 spiro atoms. The molecule has 198 valence electrons. The van der Waals surface area contributed by atoms with E-state index in [0.29, 0.717) is 18.5 Å². The number of benzene rings is 1. The SMILES string of the molecule is CCN(C)[C@@H]1C(O)=C(C(C)=O)C(=O)[C@@]2(O)C(O)=C3C(=O)c4c(O)cc(C5CCCN5C)cc4C[C@H]3C[C@@H]12. The number of aliphatic hydroxyl groups excluding tert-OH is 2. The van der Waals surface area contributed by atoms with Crippen molar-refractivity contribution in [3.63, 3.8) is 0 Å². The van der Waals surface area contributed by atoms with Gasteiger partial charge in [0.25, 0.3) is 0 Å². The first-order valence-corrected chi connectivity index (χ1v) is 12.9. The second-order valence-corrected chi connectivity index (χ2v) is 11.0. The number of Topliss-reactive ketones (excluding diaryl/α,β-unsaturated/α-hetero) is 3. The second kappa shape index (κ2) is 8.79. The lowest BCUT2D eigenvalue weighted by Crippen LogP contribution is -2.63. The minimum atomic E-state index is -2.54. The van der Waals surface area contributed by atoms with Crippen molar-refractivity contribution >= 4 is 17.3 Å². The van der Waals surface area contributed by atoms with Crippen molar-refractivity contribution in [1.82, 2.24) is 9.80 Å². The zero-order chi connectivity index (χ0) is 27.0. The van der Waals surface area contributed by atoms with E-state index in [0.717, 1.165) is 31.9 Å². The van der Waals surface area contributed by atoms with Gasteiger partial charge in [0, 0.05) is 17.5 Å². The topological polar surface area (TPSA) is 139 Å². The number of phenols is 1. The molecule has 5 atom stereocenters. The highest BCUT2D eigenvalue weighted by atomic mass is 16.3. The predicted molar refractivity (Wildman–Crippen MR) is 134 cm³/mol. The predicted octanol–water partition coefficient (Wildman–Crippen LogP) is 2.38. The Morgan fingerprint density at radius 3 is 2.51 bits per heavy atom. The maximum atomic E-state index is 13.7. The zero-order valence-electron chi connectivity index (χ0n) is 21.6. The molecule has 1 fully saturated rings. The lowest BCUT2D eigenvalue weighted by Gasteiger charge is -2.50. The Morgan fingerprint density at radius 2 is 1.92 bits per heavy atom. The summed E-state index contributed by atoms with van der Waals surface area (Å²) in [5.41, 5.74) is -1.55. The fourth-order valence-corrected chi connectivity index (χ4v) is 7.04. The van der Waals surface area contributed by atoms with E-state index < -0.39 is 57.9 Å². The molecule has 0 radical (unpaired) electrons. The van der Waals surface area contributed by atoms with Crippen LogP contribution in [0, 0.1) is 11.8 Å². The lowest BCUT2D eigenvalue weighted by atomic mass is 9.58. The minimum Gasteiger partial charge on any atom is -0.510 e. The molecule has 0 saturated carbocycles. The van der Waals surface area contributed by atoms with Crippen LogP contribution in [0.4, 0.5) is 0 Å². The average molecular weight is 511 g/mol. The van der Waals surface area contributed by atoms with E-state index in [4.69, 9.17) is 0 Å². The summed E-state index contributed by atoms with van der Waals surface area (Å²) in [6.07, 6.45) is 2.45. The van der Waals surface area contributed by atoms with E-state index >= 15 is 0 Å². The van der Waals surface area contributed by atoms with Crippen molar-refractivity contribution in [2.24, 2.45) is 11.8 Å². The number of hydrogen-bond acceptors (Lipinski definition) is 9. The molecular weight excluding hydrogens is 476 g/mol. The molecule has 1 aromatic rings. The number of phenolic OH excluding ortho intramolecular Hbond substituents is 1. The Kier molecular flexibility index (Phi) is 6.09. The number of fused-ring (bicyclic) bond motifs is 3. The maximum Gasteiger partial charge on any atom is 0.209 e. The Labute approximate surface area is 215 Å². The van der Waals surface area contributed by atoms with Gasteiger partial charge in [-0.1, -0.05) is 13.0 Å². The van der Waals surface area contributed by atoms with Crippen LogP contribution in [0.25, 0.3) is 0 Å². The molecule has 5 rings (SSSR count). The summed E-state index contributed by atoms with van der Waals surface area (Å²) >= 11 is 0. The van der Waals surface area contributed by atoms with Gasteiger partial charge in [0.1, 0.15) is 22.8 Å². The Bertz CT molecular complexity index is 1280. The Hall–Kier alpha value is -3.01. The highest BCUT2D eigenvalue weighted by Crippen LogP contribution is 2.52. The van der Waals surface area contributed by atoms with E-state index in [1.54, 1.807) is 18.0 Å². The summed E-state index contributed by atoms with van der Waals surface area (Å²) in [6.45, 7) is 4.34. The monoisotopic (exact) mass is 510 g/mol. The number of carbonyl (C=O) groups excluding carboxylic acids is 3. The van der Waals surface area contributed by atoms with Crippen LogP contribution < -0.4 is 0 Å². The van der Waals surface area contributed by atoms with Crippen molar-refractivity contribution in [3.8, 4) is 5.75 Å². The molecule has 1 aliphatic heterocycles. The number of nitrogens with zero attached hydrogens (tertiary/aromatic N) is 2. The zero-order valence-corrected chi connectivity index (χ0v) is 21.6. The molecule has 9 nitrogen and oxygen atoms in total. The molecule has 0 bridgehead atoms. The third kappa shape index (κ3) is 3.51. The molecular formula is C28H34N2O7. The number of aliphatic hydroxyl groups is 3. The normalized spacial score (nSPS) is 32.1. The summed E-state index contributed by atoms with van der Waals surface area (Å²) in [5.74, 6) is -5.36. The number of likely N-dealkylation sites (N-methyl/N-ethyl adjacent to an activating group) is 1. The Balaban J connectivity index is 1.66. The van der Waals surface area contributed by atoms with Crippen molar-refractivity contribution in [1.29, 1.82) is 0 Å². The number of rotatable bonds is 4. The van der Waals surface area contributed by atoms with Crippen LogP contribution in [-0.2, 0) is 16.0 Å². The fraction of sp³-hybridized carbons (Fsp3) is 0.536. The van der Waals surface area contributed by atoms with E-state index in [2.05, 4.69) is 4.90 Å². The highest BCUT2D eigenvalue weighted by molar-refractivity contribution is 6.25. The maximum absolute atomic E-state index is 13.7. The number of hydrogen-bond donors (Lipinski definition) is 4. The second-order valence-electron chi connectivity index (χ2n) is 11.0. The number of likely N-dealkylation sites (tertiary alicyclic amines) is 1. The first-order chi connectivity index (χ1) is 17.4. The first kappa shape index (κ1) is 25.6. The molecule has 9 heteroatoms. The van der Waals surface area contributed by atoms with Crippen molar-refractivity contribution < 1.29 is 34.8 Å². The van der Waals surface area contributed by atoms with Crippen LogP contribution in [0.1, 0.15) is 60.6 Å². The van der Waals surface area contributed by atoms with Crippen LogP contribution in [-0.4, -0.2) is 86.4 Å². The van der Waals surface area contributed by atoms with Crippen LogP contribution in [0.2, 0.25) is 0 Å². The Morgan fingerprint density at radius 1 is 1.22 bits per heavy atom.